The number of fused-ring (bicyclic) bond motifs is 1. The highest BCUT2D eigenvalue weighted by molar-refractivity contribution is 6.14. The van der Waals surface area contributed by atoms with Crippen molar-refractivity contribution in [2.45, 2.75) is 13.3 Å². The fourth-order valence-electron chi connectivity index (χ4n) is 1.61. The molecule has 1 aromatic rings. The van der Waals surface area contributed by atoms with Crippen molar-refractivity contribution in [3.63, 3.8) is 0 Å². The number of ether oxygens (including phenoxy) is 2. The lowest BCUT2D eigenvalue weighted by atomic mass is 10.0. The molecule has 0 amide bonds. The van der Waals surface area contributed by atoms with Crippen LogP contribution in [0.15, 0.2) is 18.2 Å². The summed E-state index contributed by atoms with van der Waals surface area (Å²) >= 11 is 0. The number of carbonyl (C=O) groups is 4. The average Bonchev–Trinajstić information content (AvgIpc) is 2.53. The number of rotatable bonds is 2. The molecule has 0 fully saturated rings. The van der Waals surface area contributed by atoms with Gasteiger partial charge in [0, 0.05) is 6.92 Å². The second-order valence-electron chi connectivity index (χ2n) is 3.70. The van der Waals surface area contributed by atoms with Gasteiger partial charge in [-0.3, -0.25) is 9.59 Å². The smallest absolute Gasteiger partial charge is 0.346 e. The maximum absolute atomic E-state index is 11.3. The largest absolute Gasteiger partial charge is 0.393 e. The molecule has 0 saturated carbocycles. The van der Waals surface area contributed by atoms with Crippen molar-refractivity contribution in [1.29, 1.82) is 0 Å². The fourth-order valence-corrected chi connectivity index (χ4v) is 1.61. The van der Waals surface area contributed by atoms with Gasteiger partial charge >= 0.3 is 23.9 Å². The minimum atomic E-state index is -0.739. The van der Waals surface area contributed by atoms with E-state index in [1.807, 2.05) is 0 Å². The lowest BCUT2D eigenvalue weighted by Gasteiger charge is -2.01. The Hall–Kier alpha value is -2.50. The molecule has 1 aliphatic rings. The zero-order valence-electron chi connectivity index (χ0n) is 9.39. The van der Waals surface area contributed by atoms with Gasteiger partial charge in [-0.05, 0) is 17.7 Å². The van der Waals surface area contributed by atoms with Crippen LogP contribution in [0.5, 0.6) is 0 Å². The van der Waals surface area contributed by atoms with Gasteiger partial charge in [0.05, 0.1) is 17.5 Å². The van der Waals surface area contributed by atoms with E-state index in [1.54, 1.807) is 0 Å². The van der Waals surface area contributed by atoms with E-state index in [9.17, 15) is 19.2 Å². The van der Waals surface area contributed by atoms with Crippen molar-refractivity contribution in [1.82, 2.24) is 0 Å². The first kappa shape index (κ1) is 12.0. The second-order valence-corrected chi connectivity index (χ2v) is 3.70. The van der Waals surface area contributed by atoms with Crippen molar-refractivity contribution in [3.8, 4) is 0 Å². The van der Waals surface area contributed by atoms with Gasteiger partial charge in [-0.25, -0.2) is 9.59 Å². The van der Waals surface area contributed by atoms with Crippen molar-refractivity contribution < 1.29 is 28.7 Å². The minimum absolute atomic E-state index is 0.119. The monoisotopic (exact) mass is 248 g/mol. The van der Waals surface area contributed by atoms with E-state index in [-0.39, 0.29) is 17.5 Å². The lowest BCUT2D eigenvalue weighted by molar-refractivity contribution is -0.157. The Morgan fingerprint density at radius 3 is 2.50 bits per heavy atom. The molecule has 0 saturated heterocycles. The molecule has 0 aliphatic carbocycles. The summed E-state index contributed by atoms with van der Waals surface area (Å²) in [5, 5.41) is 0. The van der Waals surface area contributed by atoms with Crippen molar-refractivity contribution in [2.24, 2.45) is 0 Å². The van der Waals surface area contributed by atoms with Crippen LogP contribution in [-0.2, 0) is 25.5 Å². The van der Waals surface area contributed by atoms with Crippen LogP contribution in [0.25, 0.3) is 0 Å². The summed E-state index contributed by atoms with van der Waals surface area (Å²) in [6.45, 7) is 1.12. The van der Waals surface area contributed by atoms with Gasteiger partial charge in [0.15, 0.2) is 0 Å². The molecule has 0 bridgehead atoms. The van der Waals surface area contributed by atoms with Crippen LogP contribution in [0.1, 0.15) is 33.2 Å². The van der Waals surface area contributed by atoms with E-state index in [4.69, 9.17) is 0 Å². The van der Waals surface area contributed by atoms with Crippen LogP contribution in [-0.4, -0.2) is 23.9 Å². The molecule has 1 heterocycles. The molecule has 6 nitrogen and oxygen atoms in total. The summed E-state index contributed by atoms with van der Waals surface area (Å²) in [6, 6.07) is 4.28. The third kappa shape index (κ3) is 2.27. The van der Waals surface area contributed by atoms with Gasteiger partial charge in [0.25, 0.3) is 0 Å². The van der Waals surface area contributed by atoms with Crippen LogP contribution in [0.4, 0.5) is 0 Å². The number of cyclic esters (lactones) is 2. The summed E-state index contributed by atoms with van der Waals surface area (Å²) < 4.78 is 8.77. The van der Waals surface area contributed by atoms with Crippen molar-refractivity contribution >= 4 is 23.9 Å². The summed E-state index contributed by atoms with van der Waals surface area (Å²) in [5.74, 6) is -2.86. The minimum Gasteiger partial charge on any atom is -0.393 e. The molecular weight excluding hydrogens is 240 g/mol. The molecule has 0 unspecified atom stereocenters. The normalized spacial score (nSPS) is 12.9. The first-order valence-corrected chi connectivity index (χ1v) is 5.08. The Morgan fingerprint density at radius 2 is 1.83 bits per heavy atom. The van der Waals surface area contributed by atoms with E-state index in [0.29, 0.717) is 5.56 Å². The Balaban J connectivity index is 2.20. The van der Waals surface area contributed by atoms with E-state index >= 15 is 0 Å². The highest BCUT2D eigenvalue weighted by Crippen LogP contribution is 2.21. The third-order valence-corrected chi connectivity index (χ3v) is 2.32. The predicted octanol–water partition coefficient (Wildman–Crippen LogP) is 0.629. The van der Waals surface area contributed by atoms with Gasteiger partial charge in [-0.15, -0.1) is 0 Å². The molecule has 0 atom stereocenters. The summed E-state index contributed by atoms with van der Waals surface area (Å²) in [5.41, 5.74) is 0.753. The topological polar surface area (TPSA) is 86.7 Å². The lowest BCUT2D eigenvalue weighted by Crippen LogP contribution is -2.11. The Bertz CT molecular complexity index is 572. The van der Waals surface area contributed by atoms with E-state index in [1.165, 1.54) is 18.2 Å². The molecule has 6 heteroatoms. The highest BCUT2D eigenvalue weighted by Gasteiger charge is 2.29. The van der Waals surface area contributed by atoms with Gasteiger partial charge in [-0.2, -0.15) is 0 Å². The number of hydrogen-bond acceptors (Lipinski definition) is 6. The SMILES string of the molecule is CC(=O)OC(=O)Cc1ccc2c(c1)C(=O)OC2=O. The fraction of sp³-hybridized carbons (Fsp3) is 0.167. The van der Waals surface area contributed by atoms with Crippen LogP contribution in [0.2, 0.25) is 0 Å². The Labute approximate surface area is 101 Å². The molecule has 1 aromatic carbocycles. The summed E-state index contributed by atoms with van der Waals surface area (Å²) in [7, 11) is 0. The van der Waals surface area contributed by atoms with Crippen molar-refractivity contribution in [3.05, 3.63) is 34.9 Å². The molecular formula is C12H8O6. The maximum Gasteiger partial charge on any atom is 0.346 e. The molecule has 0 N–H and O–H groups in total. The average molecular weight is 248 g/mol. The van der Waals surface area contributed by atoms with Gasteiger partial charge in [0.2, 0.25) is 0 Å². The molecule has 0 aromatic heterocycles. The molecule has 1 aliphatic heterocycles. The van der Waals surface area contributed by atoms with Gasteiger partial charge in [-0.1, -0.05) is 6.07 Å². The molecule has 18 heavy (non-hydrogen) atoms. The quantitative estimate of drug-likeness (QED) is 0.563. The first-order chi connectivity index (χ1) is 8.47. The number of hydrogen-bond donors (Lipinski definition) is 0. The maximum atomic E-state index is 11.3. The van der Waals surface area contributed by atoms with Crippen molar-refractivity contribution in [2.75, 3.05) is 0 Å². The Kier molecular flexibility index (Phi) is 2.93. The zero-order chi connectivity index (χ0) is 13.3. The predicted molar refractivity (Wildman–Crippen MR) is 56.7 cm³/mol. The van der Waals surface area contributed by atoms with Gasteiger partial charge in [0.1, 0.15) is 0 Å². The highest BCUT2D eigenvalue weighted by atomic mass is 16.6. The zero-order valence-corrected chi connectivity index (χ0v) is 9.39. The van der Waals surface area contributed by atoms with Gasteiger partial charge < -0.3 is 9.47 Å². The standard InChI is InChI=1S/C12H8O6/c1-6(13)17-10(14)5-7-2-3-8-9(4-7)12(16)18-11(8)15/h2-4H,5H2,1H3. The first-order valence-electron chi connectivity index (χ1n) is 5.08. The van der Waals surface area contributed by atoms with E-state index in [0.717, 1.165) is 6.92 Å². The van der Waals surface area contributed by atoms with Crippen LogP contribution in [0, 0.1) is 0 Å². The molecule has 92 valence electrons. The number of carbonyl (C=O) groups excluding carboxylic acids is 4. The summed E-state index contributed by atoms with van der Waals surface area (Å²) in [4.78, 5) is 44.3. The number of benzene rings is 1. The Morgan fingerprint density at radius 1 is 1.17 bits per heavy atom. The number of esters is 4. The van der Waals surface area contributed by atoms with E-state index in [2.05, 4.69) is 9.47 Å². The second kappa shape index (κ2) is 4.40. The van der Waals surface area contributed by atoms with Crippen LogP contribution in [0.3, 0.4) is 0 Å². The third-order valence-electron chi connectivity index (χ3n) is 2.32. The summed E-state index contributed by atoms with van der Waals surface area (Å²) in [6.07, 6.45) is -0.158. The van der Waals surface area contributed by atoms with Crippen LogP contribution < -0.4 is 0 Å². The van der Waals surface area contributed by atoms with Crippen LogP contribution >= 0.6 is 0 Å². The molecule has 2 rings (SSSR count). The van der Waals surface area contributed by atoms with E-state index < -0.39 is 23.9 Å². The molecule has 0 spiro atoms. The molecule has 0 radical (unpaired) electrons.